The van der Waals surface area contributed by atoms with Crippen LogP contribution in [0, 0.1) is 16.7 Å². The van der Waals surface area contributed by atoms with E-state index in [4.69, 9.17) is 4.74 Å². The molecule has 0 N–H and O–H groups in total. The normalized spacial score (nSPS) is 42.0. The van der Waals surface area contributed by atoms with Gasteiger partial charge in [-0.3, -0.25) is 9.59 Å². The smallest absolute Gasteiger partial charge is 0.302 e. The SMILES string of the molecule is CC(=O)O[C@@H]1C[C@H]2C(=O)C[C@@]1(C)C2(C)C. The number of ether oxygens (including phenoxy) is 1. The van der Waals surface area contributed by atoms with E-state index in [0.29, 0.717) is 18.6 Å². The molecule has 0 radical (unpaired) electrons. The summed E-state index contributed by atoms with van der Waals surface area (Å²) in [6, 6.07) is 0. The van der Waals surface area contributed by atoms with Crippen molar-refractivity contribution in [3.63, 3.8) is 0 Å². The van der Waals surface area contributed by atoms with Gasteiger partial charge in [0.2, 0.25) is 0 Å². The van der Waals surface area contributed by atoms with E-state index in [1.54, 1.807) is 0 Å². The highest BCUT2D eigenvalue weighted by molar-refractivity contribution is 5.87. The van der Waals surface area contributed by atoms with Gasteiger partial charge in [0.25, 0.3) is 0 Å². The third-order valence-corrected chi connectivity index (χ3v) is 4.74. The van der Waals surface area contributed by atoms with E-state index in [1.165, 1.54) is 6.92 Å². The van der Waals surface area contributed by atoms with Gasteiger partial charge in [-0.25, -0.2) is 0 Å². The lowest BCUT2D eigenvalue weighted by Gasteiger charge is -2.37. The van der Waals surface area contributed by atoms with Crippen LogP contribution in [0.1, 0.15) is 40.5 Å². The Hall–Kier alpha value is -0.860. The molecule has 0 heterocycles. The van der Waals surface area contributed by atoms with Crippen molar-refractivity contribution >= 4 is 11.8 Å². The summed E-state index contributed by atoms with van der Waals surface area (Å²) in [4.78, 5) is 22.8. The van der Waals surface area contributed by atoms with Crippen molar-refractivity contribution in [2.75, 3.05) is 0 Å². The zero-order valence-electron chi connectivity index (χ0n) is 9.79. The fourth-order valence-electron chi connectivity index (χ4n) is 3.32. The van der Waals surface area contributed by atoms with Gasteiger partial charge in [-0.05, 0) is 11.8 Å². The molecule has 0 aromatic rings. The lowest BCUT2D eigenvalue weighted by molar-refractivity contribution is -0.155. The second-order valence-electron chi connectivity index (χ2n) is 5.67. The summed E-state index contributed by atoms with van der Waals surface area (Å²) in [5, 5.41) is 0. The van der Waals surface area contributed by atoms with Gasteiger partial charge in [-0.15, -0.1) is 0 Å². The predicted molar refractivity (Wildman–Crippen MR) is 55.2 cm³/mol. The number of carbonyl (C=O) groups excluding carboxylic acids is 2. The summed E-state index contributed by atoms with van der Waals surface area (Å²) in [7, 11) is 0. The van der Waals surface area contributed by atoms with E-state index < -0.39 is 0 Å². The Bertz CT molecular complexity index is 332. The molecule has 0 unspecified atom stereocenters. The average Bonchev–Trinajstić information content (AvgIpc) is 2.33. The highest BCUT2D eigenvalue weighted by atomic mass is 16.5. The van der Waals surface area contributed by atoms with Gasteiger partial charge in [0.15, 0.2) is 0 Å². The van der Waals surface area contributed by atoms with Gasteiger partial charge in [0, 0.05) is 24.7 Å². The Morgan fingerprint density at radius 3 is 2.33 bits per heavy atom. The largest absolute Gasteiger partial charge is 0.462 e. The van der Waals surface area contributed by atoms with Crippen LogP contribution < -0.4 is 0 Å². The maximum absolute atomic E-state index is 11.7. The Balaban J connectivity index is 2.30. The molecule has 2 rings (SSSR count). The zero-order valence-corrected chi connectivity index (χ0v) is 9.79. The molecule has 2 bridgehead atoms. The number of rotatable bonds is 1. The van der Waals surface area contributed by atoms with Crippen LogP contribution in [0.2, 0.25) is 0 Å². The summed E-state index contributed by atoms with van der Waals surface area (Å²) in [5.74, 6) is 0.176. The first kappa shape index (κ1) is 10.7. The van der Waals surface area contributed by atoms with Gasteiger partial charge in [0.1, 0.15) is 11.9 Å². The van der Waals surface area contributed by atoms with Crippen molar-refractivity contribution < 1.29 is 14.3 Å². The van der Waals surface area contributed by atoms with E-state index >= 15 is 0 Å². The number of fused-ring (bicyclic) bond motifs is 2. The summed E-state index contributed by atoms with van der Waals surface area (Å²) >= 11 is 0. The minimum absolute atomic E-state index is 0.0375. The molecule has 3 nitrogen and oxygen atoms in total. The fourth-order valence-corrected chi connectivity index (χ4v) is 3.32. The standard InChI is InChI=1S/C12H18O3/c1-7(13)15-10-5-8-9(14)6-12(10,4)11(8,2)3/h8,10H,5-6H2,1-4H3/t8-,10+,12+/m0/s1. The van der Waals surface area contributed by atoms with Gasteiger partial charge in [0.05, 0.1) is 0 Å². The summed E-state index contributed by atoms with van der Waals surface area (Å²) in [5.41, 5.74) is -0.204. The fraction of sp³-hybridized carbons (Fsp3) is 0.833. The third-order valence-electron chi connectivity index (χ3n) is 4.74. The topological polar surface area (TPSA) is 43.4 Å². The van der Waals surface area contributed by atoms with Crippen LogP contribution in [-0.4, -0.2) is 17.9 Å². The first-order chi connectivity index (χ1) is 6.79. The van der Waals surface area contributed by atoms with Gasteiger partial charge in [-0.2, -0.15) is 0 Å². The van der Waals surface area contributed by atoms with Crippen LogP contribution in [0.25, 0.3) is 0 Å². The van der Waals surface area contributed by atoms with Gasteiger partial charge >= 0.3 is 5.97 Å². The minimum Gasteiger partial charge on any atom is -0.462 e. The van der Waals surface area contributed by atoms with Crippen LogP contribution in [-0.2, 0) is 14.3 Å². The number of Topliss-reactive ketones (excluding diaryl/α,β-unsaturated/α-hetero) is 1. The zero-order chi connectivity index (χ0) is 11.4. The quantitative estimate of drug-likeness (QED) is 0.621. The number of esters is 1. The monoisotopic (exact) mass is 210 g/mol. The van der Waals surface area contributed by atoms with Crippen molar-refractivity contribution in [1.82, 2.24) is 0 Å². The van der Waals surface area contributed by atoms with Crippen LogP contribution in [0.5, 0.6) is 0 Å². The van der Waals surface area contributed by atoms with Crippen molar-refractivity contribution in [2.45, 2.75) is 46.6 Å². The lowest BCUT2D eigenvalue weighted by atomic mass is 9.70. The maximum atomic E-state index is 11.7. The Morgan fingerprint density at radius 1 is 1.40 bits per heavy atom. The first-order valence-corrected chi connectivity index (χ1v) is 5.49. The predicted octanol–water partition coefficient (Wildman–Crippen LogP) is 1.94. The number of carbonyl (C=O) groups is 2. The molecule has 0 aromatic carbocycles. The summed E-state index contributed by atoms with van der Waals surface area (Å²) in [6.45, 7) is 7.74. The van der Waals surface area contributed by atoms with Crippen molar-refractivity contribution in [3.05, 3.63) is 0 Å². The van der Waals surface area contributed by atoms with Crippen LogP contribution in [0.4, 0.5) is 0 Å². The molecule has 15 heavy (non-hydrogen) atoms. The Morgan fingerprint density at radius 2 is 2.00 bits per heavy atom. The van der Waals surface area contributed by atoms with Crippen molar-refractivity contribution in [2.24, 2.45) is 16.7 Å². The highest BCUT2D eigenvalue weighted by Gasteiger charge is 2.66. The van der Waals surface area contributed by atoms with E-state index in [9.17, 15) is 9.59 Å². The Labute approximate surface area is 90.2 Å². The van der Waals surface area contributed by atoms with Gasteiger partial charge in [-0.1, -0.05) is 20.8 Å². The van der Waals surface area contributed by atoms with E-state index in [2.05, 4.69) is 20.8 Å². The molecule has 2 saturated carbocycles. The highest BCUT2D eigenvalue weighted by Crippen LogP contribution is 2.64. The molecule has 2 fully saturated rings. The van der Waals surface area contributed by atoms with E-state index in [0.717, 1.165) is 0 Å². The summed E-state index contributed by atoms with van der Waals surface area (Å²) in [6.07, 6.45) is 1.19. The molecule has 0 aromatic heterocycles. The molecular formula is C12H18O3. The molecule has 3 heteroatoms. The second kappa shape index (κ2) is 2.83. The van der Waals surface area contributed by atoms with E-state index in [1.807, 2.05) is 0 Å². The van der Waals surface area contributed by atoms with Gasteiger partial charge < -0.3 is 4.74 Å². The lowest BCUT2D eigenvalue weighted by Crippen LogP contribution is -2.38. The minimum atomic E-state index is -0.239. The van der Waals surface area contributed by atoms with Crippen molar-refractivity contribution in [3.8, 4) is 0 Å². The Kier molecular flexibility index (Phi) is 2.01. The van der Waals surface area contributed by atoms with E-state index in [-0.39, 0.29) is 28.8 Å². The molecule has 2 aliphatic carbocycles. The number of hydrogen-bond donors (Lipinski definition) is 0. The maximum Gasteiger partial charge on any atom is 0.302 e. The molecule has 0 spiro atoms. The number of ketones is 1. The molecular weight excluding hydrogens is 192 g/mol. The molecule has 3 atom stereocenters. The van der Waals surface area contributed by atoms with Crippen molar-refractivity contribution in [1.29, 1.82) is 0 Å². The first-order valence-electron chi connectivity index (χ1n) is 5.49. The average molecular weight is 210 g/mol. The molecule has 0 saturated heterocycles. The third kappa shape index (κ3) is 1.18. The molecule has 0 amide bonds. The summed E-state index contributed by atoms with van der Waals surface area (Å²) < 4.78 is 5.34. The molecule has 84 valence electrons. The van der Waals surface area contributed by atoms with Crippen LogP contribution >= 0.6 is 0 Å². The molecule has 2 aliphatic rings. The van der Waals surface area contributed by atoms with Crippen LogP contribution in [0.15, 0.2) is 0 Å². The van der Waals surface area contributed by atoms with Crippen LogP contribution in [0.3, 0.4) is 0 Å². The molecule has 0 aliphatic heterocycles. The number of hydrogen-bond acceptors (Lipinski definition) is 3. The second-order valence-corrected chi connectivity index (χ2v) is 5.67.